The van der Waals surface area contributed by atoms with Gasteiger partial charge in [0.25, 0.3) is 0 Å². The fourth-order valence-corrected chi connectivity index (χ4v) is 2.70. The molecule has 0 aliphatic rings. The first-order valence-corrected chi connectivity index (χ1v) is 7.57. The van der Waals surface area contributed by atoms with Gasteiger partial charge in [0, 0.05) is 16.7 Å². The van der Waals surface area contributed by atoms with Crippen molar-refractivity contribution in [1.82, 2.24) is 0 Å². The van der Waals surface area contributed by atoms with Crippen LogP contribution in [0.2, 0.25) is 15.1 Å². The number of carbonyl (C=O) groups excluding carboxylic acids is 1. The van der Waals surface area contributed by atoms with Crippen molar-refractivity contribution in [3.05, 3.63) is 61.3 Å². The molecule has 0 amide bonds. The van der Waals surface area contributed by atoms with Gasteiger partial charge in [-0.05, 0) is 40.2 Å². The number of ketones is 1. The van der Waals surface area contributed by atoms with Gasteiger partial charge in [-0.2, -0.15) is 0 Å². The molecule has 0 saturated carbocycles. The zero-order valence-corrected chi connectivity index (χ0v) is 14.2. The standard InChI is InChI=1S/C14H7BrCl3FO2/c15-9-4-11(18)12(19)5-14(9)21-6-13(20)8-3-7(16)1-2-10(8)17/h1-5H,6H2. The molecular formula is C14H7BrCl3FO2. The zero-order valence-electron chi connectivity index (χ0n) is 10.3. The summed E-state index contributed by atoms with van der Waals surface area (Å²) in [5.74, 6) is -0.837. The summed E-state index contributed by atoms with van der Waals surface area (Å²) in [6, 6.07) is 7.00. The lowest BCUT2D eigenvalue weighted by Crippen LogP contribution is -2.12. The fraction of sp³-hybridized carbons (Fsp3) is 0.0714. The van der Waals surface area contributed by atoms with Crippen LogP contribution in [0.4, 0.5) is 4.39 Å². The maximum atomic E-state index is 13.4. The van der Waals surface area contributed by atoms with Gasteiger partial charge < -0.3 is 4.74 Å². The molecule has 0 saturated heterocycles. The highest BCUT2D eigenvalue weighted by atomic mass is 79.9. The molecule has 0 bridgehead atoms. The van der Waals surface area contributed by atoms with E-state index in [4.69, 9.17) is 39.5 Å². The van der Waals surface area contributed by atoms with E-state index in [2.05, 4.69) is 15.9 Å². The molecule has 21 heavy (non-hydrogen) atoms. The molecule has 2 aromatic carbocycles. The molecule has 0 aliphatic heterocycles. The number of halogens is 5. The summed E-state index contributed by atoms with van der Waals surface area (Å²) < 4.78 is 19.1. The number of hydrogen-bond acceptors (Lipinski definition) is 2. The molecule has 0 spiro atoms. The minimum Gasteiger partial charge on any atom is -0.484 e. The van der Waals surface area contributed by atoms with E-state index in [0.29, 0.717) is 9.50 Å². The van der Waals surface area contributed by atoms with E-state index in [9.17, 15) is 9.18 Å². The topological polar surface area (TPSA) is 26.3 Å². The number of rotatable bonds is 4. The molecule has 0 atom stereocenters. The van der Waals surface area contributed by atoms with Gasteiger partial charge in [0.05, 0.1) is 14.5 Å². The van der Waals surface area contributed by atoms with Crippen molar-refractivity contribution in [1.29, 1.82) is 0 Å². The van der Waals surface area contributed by atoms with Crippen LogP contribution in [0.5, 0.6) is 5.75 Å². The fourth-order valence-electron chi connectivity index (χ4n) is 1.55. The lowest BCUT2D eigenvalue weighted by atomic mass is 10.1. The molecule has 0 N–H and O–H groups in total. The zero-order chi connectivity index (χ0) is 15.6. The second kappa shape index (κ2) is 6.97. The van der Waals surface area contributed by atoms with Crippen molar-refractivity contribution in [2.45, 2.75) is 0 Å². The number of hydrogen-bond donors (Lipinski definition) is 0. The van der Waals surface area contributed by atoms with Crippen molar-refractivity contribution >= 4 is 56.5 Å². The Morgan fingerprint density at radius 1 is 1.14 bits per heavy atom. The summed E-state index contributed by atoms with van der Waals surface area (Å²) in [5, 5.41) is 0.620. The first-order chi connectivity index (χ1) is 9.88. The summed E-state index contributed by atoms with van der Waals surface area (Å²) in [6.07, 6.45) is 0. The van der Waals surface area contributed by atoms with Crippen LogP contribution in [-0.4, -0.2) is 12.4 Å². The van der Waals surface area contributed by atoms with Gasteiger partial charge in [-0.3, -0.25) is 4.79 Å². The maximum absolute atomic E-state index is 13.4. The Morgan fingerprint density at radius 3 is 2.57 bits per heavy atom. The molecule has 110 valence electrons. The number of Topliss-reactive ketones (excluding diaryl/α,β-unsaturated/α-hetero) is 1. The third kappa shape index (κ3) is 4.10. The van der Waals surface area contributed by atoms with E-state index in [1.54, 1.807) is 6.07 Å². The van der Waals surface area contributed by atoms with Crippen LogP contribution >= 0.6 is 50.7 Å². The minimum atomic E-state index is -0.636. The molecule has 2 rings (SSSR count). The van der Waals surface area contributed by atoms with Crippen LogP contribution in [-0.2, 0) is 0 Å². The molecule has 0 aliphatic carbocycles. The van der Waals surface area contributed by atoms with Crippen molar-refractivity contribution < 1.29 is 13.9 Å². The third-order valence-corrected chi connectivity index (χ3v) is 4.04. The van der Waals surface area contributed by atoms with Crippen molar-refractivity contribution in [3.8, 4) is 5.75 Å². The Balaban J connectivity index is 2.15. The molecule has 2 nitrogen and oxygen atoms in total. The van der Waals surface area contributed by atoms with Crippen LogP contribution in [0.25, 0.3) is 0 Å². The smallest absolute Gasteiger partial charge is 0.201 e. The first-order valence-electron chi connectivity index (χ1n) is 5.64. The molecule has 2 aromatic rings. The lowest BCUT2D eigenvalue weighted by Gasteiger charge is -2.09. The lowest BCUT2D eigenvalue weighted by molar-refractivity contribution is 0.0921. The van der Waals surface area contributed by atoms with Gasteiger partial charge in [-0.25, -0.2) is 4.39 Å². The predicted octanol–water partition coefficient (Wildman–Crippen LogP) is 5.81. The minimum absolute atomic E-state index is 0.0431. The van der Waals surface area contributed by atoms with E-state index in [-0.39, 0.29) is 33.7 Å². The van der Waals surface area contributed by atoms with E-state index in [1.807, 2.05) is 0 Å². The molecule has 0 aromatic heterocycles. The van der Waals surface area contributed by atoms with Crippen molar-refractivity contribution in [3.63, 3.8) is 0 Å². The normalized spacial score (nSPS) is 10.5. The number of carbonyl (C=O) groups is 1. The van der Waals surface area contributed by atoms with E-state index < -0.39 is 5.82 Å². The van der Waals surface area contributed by atoms with Gasteiger partial charge in [0.15, 0.2) is 6.61 Å². The highest BCUT2D eigenvalue weighted by molar-refractivity contribution is 9.10. The Morgan fingerprint density at radius 2 is 1.86 bits per heavy atom. The summed E-state index contributed by atoms with van der Waals surface area (Å²) in [5.41, 5.74) is 0.245. The number of ether oxygens (including phenoxy) is 1. The highest BCUT2D eigenvalue weighted by Crippen LogP contribution is 2.31. The van der Waals surface area contributed by atoms with Crippen molar-refractivity contribution in [2.24, 2.45) is 0 Å². The Kier molecular flexibility index (Phi) is 5.49. The molecular weight excluding hydrogens is 405 g/mol. The quantitative estimate of drug-likeness (QED) is 0.468. The largest absolute Gasteiger partial charge is 0.484 e. The Hall–Kier alpha value is -0.810. The molecule has 0 radical (unpaired) electrons. The first kappa shape index (κ1) is 16.6. The summed E-state index contributed by atoms with van der Waals surface area (Å²) in [6.45, 7) is -0.306. The highest BCUT2D eigenvalue weighted by Gasteiger charge is 2.14. The SMILES string of the molecule is O=C(COc1cc(F)c(Cl)cc1Br)c1cc(Cl)ccc1Cl. The summed E-state index contributed by atoms with van der Waals surface area (Å²) in [7, 11) is 0. The summed E-state index contributed by atoms with van der Waals surface area (Å²) in [4.78, 5) is 12.1. The predicted molar refractivity (Wildman–Crippen MR) is 85.4 cm³/mol. The Bertz CT molecular complexity index is 707. The van der Waals surface area contributed by atoms with Gasteiger partial charge in [-0.1, -0.05) is 34.8 Å². The van der Waals surface area contributed by atoms with Gasteiger partial charge in [0.1, 0.15) is 11.6 Å². The number of benzene rings is 2. The summed E-state index contributed by atoms with van der Waals surface area (Å²) >= 11 is 20.5. The van der Waals surface area contributed by atoms with Crippen molar-refractivity contribution in [2.75, 3.05) is 6.61 Å². The molecule has 0 fully saturated rings. The van der Waals surface area contributed by atoms with Crippen LogP contribution in [0.3, 0.4) is 0 Å². The monoisotopic (exact) mass is 410 g/mol. The van der Waals surface area contributed by atoms with E-state index >= 15 is 0 Å². The third-order valence-electron chi connectivity index (χ3n) is 2.56. The Labute approximate surface area is 143 Å². The molecule has 0 heterocycles. The van der Waals surface area contributed by atoms with Crippen LogP contribution in [0, 0.1) is 5.82 Å². The second-order valence-electron chi connectivity index (χ2n) is 4.03. The average molecular weight is 412 g/mol. The second-order valence-corrected chi connectivity index (χ2v) is 6.14. The van der Waals surface area contributed by atoms with E-state index in [1.165, 1.54) is 18.2 Å². The average Bonchev–Trinajstić information content (AvgIpc) is 2.43. The molecule has 0 unspecified atom stereocenters. The van der Waals surface area contributed by atoms with Gasteiger partial charge in [0.2, 0.25) is 5.78 Å². The van der Waals surface area contributed by atoms with Crippen LogP contribution < -0.4 is 4.74 Å². The van der Waals surface area contributed by atoms with E-state index in [0.717, 1.165) is 6.07 Å². The van der Waals surface area contributed by atoms with Crippen LogP contribution in [0.1, 0.15) is 10.4 Å². The van der Waals surface area contributed by atoms with Gasteiger partial charge >= 0.3 is 0 Å². The maximum Gasteiger partial charge on any atom is 0.201 e. The molecule has 7 heteroatoms. The van der Waals surface area contributed by atoms with Crippen LogP contribution in [0.15, 0.2) is 34.8 Å². The van der Waals surface area contributed by atoms with Gasteiger partial charge in [-0.15, -0.1) is 0 Å².